The summed E-state index contributed by atoms with van der Waals surface area (Å²) in [5.41, 5.74) is 0. The number of carbonyl (C=O) groups is 2. The molecule has 0 unspecified atom stereocenters. The van der Waals surface area contributed by atoms with Gasteiger partial charge in [-0.05, 0) is 36.8 Å². The predicted molar refractivity (Wildman–Crippen MR) is 86.8 cm³/mol. The maximum absolute atomic E-state index is 11.1. The highest BCUT2D eigenvalue weighted by molar-refractivity contribution is 8.00. The highest BCUT2D eigenvalue weighted by atomic mass is 32.2. The summed E-state index contributed by atoms with van der Waals surface area (Å²) >= 11 is 3.13. The summed E-state index contributed by atoms with van der Waals surface area (Å²) in [6, 6.07) is 12.2. The number of hydrogen-bond donors (Lipinski definition) is 0. The van der Waals surface area contributed by atoms with Gasteiger partial charge in [0.25, 0.3) is 0 Å². The van der Waals surface area contributed by atoms with Crippen LogP contribution in [0.3, 0.4) is 0 Å². The molecule has 0 aromatic heterocycles. The van der Waals surface area contributed by atoms with Gasteiger partial charge in [-0.1, -0.05) is 24.3 Å². The van der Waals surface area contributed by atoms with Crippen LogP contribution in [0, 0.1) is 0 Å². The van der Waals surface area contributed by atoms with Crippen LogP contribution in [0.1, 0.15) is 13.8 Å². The molecule has 0 aliphatic carbocycles. The third kappa shape index (κ3) is 3.87. The molecule has 0 saturated heterocycles. The molecule has 0 aliphatic rings. The molecule has 0 amide bonds. The van der Waals surface area contributed by atoms with Crippen LogP contribution >= 0.6 is 23.5 Å². The summed E-state index contributed by atoms with van der Waals surface area (Å²) in [4.78, 5) is 24.5. The number of ketones is 2. The molecule has 0 aliphatic heterocycles. The van der Waals surface area contributed by atoms with Crippen LogP contribution in [0.5, 0.6) is 0 Å². The molecule has 4 heteroatoms. The Labute approximate surface area is 127 Å². The quantitative estimate of drug-likeness (QED) is 0.749. The summed E-state index contributed by atoms with van der Waals surface area (Å²) in [6.07, 6.45) is 0. The molecular formula is C16H16O2S2. The van der Waals surface area contributed by atoms with Crippen molar-refractivity contribution in [1.82, 2.24) is 0 Å². The summed E-state index contributed by atoms with van der Waals surface area (Å²) in [5.74, 6) is 1.33. The van der Waals surface area contributed by atoms with Gasteiger partial charge in [-0.3, -0.25) is 9.59 Å². The van der Waals surface area contributed by atoms with Crippen molar-refractivity contribution < 1.29 is 9.59 Å². The Balaban J connectivity index is 2.35. The van der Waals surface area contributed by atoms with Crippen molar-refractivity contribution in [3.05, 3.63) is 36.4 Å². The van der Waals surface area contributed by atoms with Crippen LogP contribution in [0.2, 0.25) is 0 Å². The number of carbonyl (C=O) groups excluding carboxylic acids is 2. The summed E-state index contributed by atoms with van der Waals surface area (Å²) < 4.78 is 0. The second-order valence-corrected chi connectivity index (χ2v) is 6.62. The Morgan fingerprint density at radius 1 is 0.800 bits per heavy atom. The highest BCUT2D eigenvalue weighted by Gasteiger charge is 2.07. The maximum Gasteiger partial charge on any atom is 0.140 e. The molecule has 2 aromatic carbocycles. The van der Waals surface area contributed by atoms with Crippen LogP contribution in [-0.2, 0) is 9.59 Å². The van der Waals surface area contributed by atoms with E-state index >= 15 is 0 Å². The van der Waals surface area contributed by atoms with Gasteiger partial charge in [-0.15, -0.1) is 23.5 Å². The third-order valence-electron chi connectivity index (χ3n) is 2.70. The number of fused-ring (bicyclic) bond motifs is 1. The first-order chi connectivity index (χ1) is 9.58. The Bertz CT molecular complexity index is 593. The lowest BCUT2D eigenvalue weighted by Crippen LogP contribution is -1.94. The molecule has 2 nitrogen and oxygen atoms in total. The molecule has 0 spiro atoms. The van der Waals surface area contributed by atoms with Crippen LogP contribution in [0.15, 0.2) is 46.2 Å². The van der Waals surface area contributed by atoms with Crippen molar-refractivity contribution in [2.24, 2.45) is 0 Å². The first-order valence-corrected chi connectivity index (χ1v) is 8.31. The fraction of sp³-hybridized carbons (Fsp3) is 0.250. The van der Waals surface area contributed by atoms with E-state index < -0.39 is 0 Å². The van der Waals surface area contributed by atoms with Crippen LogP contribution in [0.25, 0.3) is 10.8 Å². The van der Waals surface area contributed by atoms with Gasteiger partial charge in [0.2, 0.25) is 0 Å². The van der Waals surface area contributed by atoms with Gasteiger partial charge in [0, 0.05) is 9.79 Å². The fourth-order valence-corrected chi connectivity index (χ4v) is 3.60. The van der Waals surface area contributed by atoms with Gasteiger partial charge < -0.3 is 0 Å². The van der Waals surface area contributed by atoms with Crippen molar-refractivity contribution in [1.29, 1.82) is 0 Å². The lowest BCUT2D eigenvalue weighted by Gasteiger charge is -2.09. The topological polar surface area (TPSA) is 34.1 Å². The molecular weight excluding hydrogens is 288 g/mol. The molecule has 2 rings (SSSR count). The average Bonchev–Trinajstić information content (AvgIpc) is 2.42. The number of thioether (sulfide) groups is 2. The van der Waals surface area contributed by atoms with Gasteiger partial charge >= 0.3 is 0 Å². The Morgan fingerprint density at radius 2 is 1.20 bits per heavy atom. The zero-order valence-corrected chi connectivity index (χ0v) is 13.1. The fourth-order valence-electron chi connectivity index (χ4n) is 1.86. The number of Topliss-reactive ketones (excluding diaryl/α,β-unsaturated/α-hetero) is 2. The van der Waals surface area contributed by atoms with E-state index in [2.05, 4.69) is 12.1 Å². The molecule has 20 heavy (non-hydrogen) atoms. The standard InChI is InChI=1S/C16H16O2S2/c1-11(17)9-19-15-7-3-6-14-13(15)5-4-8-16(14)20-10-12(2)18/h3-8H,9-10H2,1-2H3. The van der Waals surface area contributed by atoms with E-state index in [9.17, 15) is 9.59 Å². The lowest BCUT2D eigenvalue weighted by molar-refractivity contribution is -0.115. The average molecular weight is 304 g/mol. The molecule has 0 heterocycles. The predicted octanol–water partition coefficient (Wildman–Crippen LogP) is 4.20. The molecule has 0 saturated carbocycles. The van der Waals surface area contributed by atoms with E-state index in [-0.39, 0.29) is 11.6 Å². The SMILES string of the molecule is CC(=O)CSc1cccc2c(SCC(C)=O)cccc12. The Morgan fingerprint density at radius 3 is 1.55 bits per heavy atom. The molecule has 104 valence electrons. The minimum Gasteiger partial charge on any atom is -0.299 e. The van der Waals surface area contributed by atoms with Crippen molar-refractivity contribution in [3.8, 4) is 0 Å². The molecule has 0 atom stereocenters. The van der Waals surface area contributed by atoms with Crippen molar-refractivity contribution in [2.45, 2.75) is 23.6 Å². The summed E-state index contributed by atoms with van der Waals surface area (Å²) in [7, 11) is 0. The minimum atomic E-state index is 0.175. The molecule has 2 aromatic rings. The maximum atomic E-state index is 11.1. The first kappa shape index (κ1) is 15.1. The minimum absolute atomic E-state index is 0.175. The van der Waals surface area contributed by atoms with E-state index in [1.54, 1.807) is 37.4 Å². The van der Waals surface area contributed by atoms with Crippen LogP contribution in [-0.4, -0.2) is 23.1 Å². The summed E-state index contributed by atoms with van der Waals surface area (Å²) in [5, 5.41) is 2.29. The zero-order chi connectivity index (χ0) is 14.5. The van der Waals surface area contributed by atoms with Crippen molar-refractivity contribution >= 4 is 45.9 Å². The van der Waals surface area contributed by atoms with E-state index in [4.69, 9.17) is 0 Å². The molecule has 0 fully saturated rings. The van der Waals surface area contributed by atoms with Crippen molar-refractivity contribution in [2.75, 3.05) is 11.5 Å². The van der Waals surface area contributed by atoms with Crippen molar-refractivity contribution in [3.63, 3.8) is 0 Å². The normalized spacial score (nSPS) is 10.7. The molecule has 0 radical (unpaired) electrons. The summed E-state index contributed by atoms with van der Waals surface area (Å²) in [6.45, 7) is 3.21. The third-order valence-corrected chi connectivity index (χ3v) is 5.14. The van der Waals surface area contributed by atoms with Crippen LogP contribution < -0.4 is 0 Å². The van der Waals surface area contributed by atoms with Gasteiger partial charge in [0.15, 0.2) is 0 Å². The van der Waals surface area contributed by atoms with Gasteiger partial charge in [0.1, 0.15) is 11.6 Å². The number of hydrogen-bond acceptors (Lipinski definition) is 4. The number of benzene rings is 2. The van der Waals surface area contributed by atoms with E-state index in [0.717, 1.165) is 20.6 Å². The van der Waals surface area contributed by atoms with Gasteiger partial charge in [-0.25, -0.2) is 0 Å². The highest BCUT2D eigenvalue weighted by Crippen LogP contribution is 2.33. The van der Waals surface area contributed by atoms with Gasteiger partial charge in [0.05, 0.1) is 11.5 Å². The second-order valence-electron chi connectivity index (χ2n) is 4.59. The lowest BCUT2D eigenvalue weighted by atomic mass is 10.1. The van der Waals surface area contributed by atoms with Gasteiger partial charge in [-0.2, -0.15) is 0 Å². The number of rotatable bonds is 6. The molecule has 0 N–H and O–H groups in total. The molecule has 0 bridgehead atoms. The van der Waals surface area contributed by atoms with E-state index in [0.29, 0.717) is 11.5 Å². The second kappa shape index (κ2) is 6.95. The van der Waals surface area contributed by atoms with E-state index in [1.165, 1.54) is 0 Å². The largest absolute Gasteiger partial charge is 0.299 e. The van der Waals surface area contributed by atoms with Crippen LogP contribution in [0.4, 0.5) is 0 Å². The Hall–Kier alpha value is -1.26. The Kier molecular flexibility index (Phi) is 5.26. The smallest absolute Gasteiger partial charge is 0.140 e. The monoisotopic (exact) mass is 304 g/mol. The van der Waals surface area contributed by atoms with E-state index in [1.807, 2.05) is 24.3 Å². The first-order valence-electron chi connectivity index (χ1n) is 6.34. The zero-order valence-electron chi connectivity index (χ0n) is 11.5.